The van der Waals surface area contributed by atoms with Gasteiger partial charge in [-0.15, -0.1) is 0 Å². The number of hydrogen-bond acceptors (Lipinski definition) is 4. The Morgan fingerprint density at radius 2 is 2.00 bits per heavy atom. The van der Waals surface area contributed by atoms with Crippen molar-refractivity contribution in [1.82, 2.24) is 5.32 Å². The zero-order valence-electron chi connectivity index (χ0n) is 13.8. The summed E-state index contributed by atoms with van der Waals surface area (Å²) in [6.07, 6.45) is 0.563. The van der Waals surface area contributed by atoms with Gasteiger partial charge in [0, 0.05) is 6.42 Å². The van der Waals surface area contributed by atoms with Crippen LogP contribution >= 0.6 is 0 Å². The predicted molar refractivity (Wildman–Crippen MR) is 84.7 cm³/mol. The monoisotopic (exact) mass is 293 g/mol. The maximum absolute atomic E-state index is 12.1. The van der Waals surface area contributed by atoms with Crippen molar-refractivity contribution in [3.63, 3.8) is 0 Å². The van der Waals surface area contributed by atoms with Gasteiger partial charge in [0.05, 0.1) is 13.2 Å². The van der Waals surface area contributed by atoms with Gasteiger partial charge in [-0.05, 0) is 51.4 Å². The first-order chi connectivity index (χ1) is 9.94. The first-order valence-corrected chi connectivity index (χ1v) is 7.56. The topological polar surface area (TPSA) is 47.6 Å². The predicted octanol–water partition coefficient (Wildman–Crippen LogP) is 3.00. The van der Waals surface area contributed by atoms with Crippen LogP contribution in [0.2, 0.25) is 0 Å². The Morgan fingerprint density at radius 1 is 1.29 bits per heavy atom. The Balaban J connectivity index is 2.65. The van der Waals surface area contributed by atoms with Gasteiger partial charge in [0.2, 0.25) is 0 Å². The van der Waals surface area contributed by atoms with Crippen LogP contribution in [0.25, 0.3) is 0 Å². The van der Waals surface area contributed by atoms with E-state index in [0.29, 0.717) is 26.2 Å². The highest BCUT2D eigenvalue weighted by Gasteiger charge is 2.33. The number of nitrogens with one attached hydrogen (secondary N) is 1. The summed E-state index contributed by atoms with van der Waals surface area (Å²) < 4.78 is 11.0. The molecule has 0 saturated carbocycles. The van der Waals surface area contributed by atoms with E-state index in [1.54, 1.807) is 0 Å². The maximum atomic E-state index is 12.1. The molecule has 1 N–H and O–H groups in total. The van der Waals surface area contributed by atoms with Gasteiger partial charge in [-0.25, -0.2) is 0 Å². The smallest absolute Gasteiger partial charge is 0.326 e. The van der Waals surface area contributed by atoms with E-state index in [0.717, 1.165) is 11.3 Å². The van der Waals surface area contributed by atoms with Crippen molar-refractivity contribution >= 4 is 5.97 Å². The Hall–Kier alpha value is -1.55. The zero-order valence-corrected chi connectivity index (χ0v) is 13.8. The molecular formula is C17H27NO3. The number of ether oxygens (including phenoxy) is 2. The highest BCUT2D eigenvalue weighted by atomic mass is 16.5. The second-order valence-corrected chi connectivity index (χ2v) is 5.38. The molecule has 0 heterocycles. The number of carbonyl (C=O) groups excluding carboxylic acids is 1. The normalized spacial score (nSPS) is 13.6. The van der Waals surface area contributed by atoms with E-state index < -0.39 is 5.54 Å². The summed E-state index contributed by atoms with van der Waals surface area (Å²) in [6.45, 7) is 11.3. The molecular weight excluding hydrogens is 266 g/mol. The summed E-state index contributed by atoms with van der Waals surface area (Å²) in [4.78, 5) is 12.1. The third-order valence-electron chi connectivity index (χ3n) is 3.71. The fourth-order valence-corrected chi connectivity index (χ4v) is 2.19. The lowest BCUT2D eigenvalue weighted by Gasteiger charge is -2.28. The van der Waals surface area contributed by atoms with Crippen LogP contribution in [0.3, 0.4) is 0 Å². The van der Waals surface area contributed by atoms with Crippen molar-refractivity contribution in [3.8, 4) is 5.75 Å². The van der Waals surface area contributed by atoms with Crippen molar-refractivity contribution in [3.05, 3.63) is 29.3 Å². The molecule has 0 aliphatic carbocycles. The average Bonchev–Trinajstić information content (AvgIpc) is 2.44. The van der Waals surface area contributed by atoms with Crippen LogP contribution in [0, 0.1) is 13.8 Å². The maximum Gasteiger partial charge on any atom is 0.326 e. The SMILES string of the molecule is CCNC(C)(CCOc1cccc(C)c1C)C(=O)OCC. The quantitative estimate of drug-likeness (QED) is 0.749. The van der Waals surface area contributed by atoms with E-state index in [9.17, 15) is 4.79 Å². The lowest BCUT2D eigenvalue weighted by molar-refractivity contribution is -0.151. The second-order valence-electron chi connectivity index (χ2n) is 5.38. The van der Waals surface area contributed by atoms with Gasteiger partial charge in [-0.3, -0.25) is 4.79 Å². The first kappa shape index (κ1) is 17.5. The minimum atomic E-state index is -0.706. The van der Waals surface area contributed by atoms with Crippen LogP contribution in [0.5, 0.6) is 5.75 Å². The summed E-state index contributed by atoms with van der Waals surface area (Å²) in [7, 11) is 0. The van der Waals surface area contributed by atoms with E-state index in [1.807, 2.05) is 39.8 Å². The van der Waals surface area contributed by atoms with Gasteiger partial charge in [0.25, 0.3) is 0 Å². The fourth-order valence-electron chi connectivity index (χ4n) is 2.19. The number of likely N-dealkylation sites (N-methyl/N-ethyl adjacent to an activating group) is 1. The van der Waals surface area contributed by atoms with Gasteiger partial charge in [0.15, 0.2) is 0 Å². The summed E-state index contributed by atoms with van der Waals surface area (Å²) in [6, 6.07) is 5.99. The molecule has 0 saturated heterocycles. The first-order valence-electron chi connectivity index (χ1n) is 7.56. The van der Waals surface area contributed by atoms with Crippen molar-refractivity contribution in [2.24, 2.45) is 0 Å². The molecule has 0 amide bonds. The molecule has 0 spiro atoms. The van der Waals surface area contributed by atoms with Gasteiger partial charge >= 0.3 is 5.97 Å². The molecule has 4 heteroatoms. The summed E-state index contributed by atoms with van der Waals surface area (Å²) in [5.74, 6) is 0.647. The molecule has 0 aliphatic heterocycles. The molecule has 0 aromatic heterocycles. The van der Waals surface area contributed by atoms with E-state index >= 15 is 0 Å². The molecule has 1 aromatic rings. The number of rotatable bonds is 8. The summed E-state index contributed by atoms with van der Waals surface area (Å²) >= 11 is 0. The van der Waals surface area contributed by atoms with E-state index in [1.165, 1.54) is 5.56 Å². The Morgan fingerprint density at radius 3 is 2.62 bits per heavy atom. The number of hydrogen-bond donors (Lipinski definition) is 1. The standard InChI is InChI=1S/C17H27NO3/c1-6-18-17(5,16(19)20-7-2)11-12-21-15-10-8-9-13(3)14(15)4/h8-10,18H,6-7,11-12H2,1-5H3. The molecule has 0 aliphatic rings. The largest absolute Gasteiger partial charge is 0.493 e. The van der Waals surface area contributed by atoms with Crippen LogP contribution in [-0.2, 0) is 9.53 Å². The van der Waals surface area contributed by atoms with Gasteiger partial charge in [-0.1, -0.05) is 19.1 Å². The molecule has 118 valence electrons. The van der Waals surface area contributed by atoms with E-state index in [4.69, 9.17) is 9.47 Å². The molecule has 0 bridgehead atoms. The van der Waals surface area contributed by atoms with Crippen LogP contribution < -0.4 is 10.1 Å². The minimum Gasteiger partial charge on any atom is -0.493 e. The van der Waals surface area contributed by atoms with Crippen LogP contribution in [0.15, 0.2) is 18.2 Å². The number of aryl methyl sites for hydroxylation is 1. The number of carbonyl (C=O) groups is 1. The lowest BCUT2D eigenvalue weighted by Crippen LogP contribution is -2.51. The summed E-state index contributed by atoms with van der Waals surface area (Å²) in [5, 5.41) is 3.20. The zero-order chi connectivity index (χ0) is 15.9. The van der Waals surface area contributed by atoms with E-state index in [2.05, 4.69) is 18.3 Å². The van der Waals surface area contributed by atoms with Crippen LogP contribution in [-0.4, -0.2) is 31.3 Å². The van der Waals surface area contributed by atoms with Gasteiger partial charge in [-0.2, -0.15) is 0 Å². The van der Waals surface area contributed by atoms with Crippen LogP contribution in [0.4, 0.5) is 0 Å². The Kier molecular flexibility index (Phi) is 6.69. The second kappa shape index (κ2) is 8.03. The Bertz CT molecular complexity index is 473. The fraction of sp³-hybridized carbons (Fsp3) is 0.588. The molecule has 1 atom stereocenters. The highest BCUT2D eigenvalue weighted by molar-refractivity contribution is 5.80. The highest BCUT2D eigenvalue weighted by Crippen LogP contribution is 2.21. The molecule has 4 nitrogen and oxygen atoms in total. The van der Waals surface area contributed by atoms with Crippen LogP contribution in [0.1, 0.15) is 38.3 Å². The number of esters is 1. The van der Waals surface area contributed by atoms with E-state index in [-0.39, 0.29) is 5.97 Å². The van der Waals surface area contributed by atoms with Crippen molar-refractivity contribution < 1.29 is 14.3 Å². The lowest BCUT2D eigenvalue weighted by atomic mass is 9.98. The summed E-state index contributed by atoms with van der Waals surface area (Å²) in [5.41, 5.74) is 1.63. The van der Waals surface area contributed by atoms with Gasteiger partial charge < -0.3 is 14.8 Å². The van der Waals surface area contributed by atoms with Crippen molar-refractivity contribution in [1.29, 1.82) is 0 Å². The van der Waals surface area contributed by atoms with Crippen molar-refractivity contribution in [2.75, 3.05) is 19.8 Å². The van der Waals surface area contributed by atoms with Gasteiger partial charge in [0.1, 0.15) is 11.3 Å². The number of benzene rings is 1. The molecule has 21 heavy (non-hydrogen) atoms. The molecule has 0 radical (unpaired) electrons. The molecule has 1 unspecified atom stereocenters. The third-order valence-corrected chi connectivity index (χ3v) is 3.71. The Labute approximate surface area is 127 Å². The molecule has 1 aromatic carbocycles. The van der Waals surface area contributed by atoms with Crippen molar-refractivity contribution in [2.45, 2.75) is 46.6 Å². The third kappa shape index (κ3) is 4.74. The molecule has 0 fully saturated rings. The average molecular weight is 293 g/mol. The molecule has 1 rings (SSSR count). The minimum absolute atomic E-state index is 0.226.